The summed E-state index contributed by atoms with van der Waals surface area (Å²) in [7, 11) is 0. The summed E-state index contributed by atoms with van der Waals surface area (Å²) in [5, 5.41) is 2.49. The molecule has 0 amide bonds. The number of ether oxygens (including phenoxy) is 1. The molecule has 0 fully saturated rings. The number of hydrogen-bond donors (Lipinski definition) is 0. The monoisotopic (exact) mass is 370 g/mol. The molecule has 3 aromatic rings. The third-order valence-electron chi connectivity index (χ3n) is 4.47. The quantitative estimate of drug-likeness (QED) is 0.650. The molecule has 0 aliphatic rings. The third kappa shape index (κ3) is 2.94. The Kier molecular flexibility index (Phi) is 4.71. The van der Waals surface area contributed by atoms with Crippen LogP contribution in [0.2, 0.25) is 0 Å². The van der Waals surface area contributed by atoms with Gasteiger partial charge in [0.25, 0.3) is 5.56 Å². The van der Waals surface area contributed by atoms with Gasteiger partial charge in [-0.1, -0.05) is 29.8 Å². The number of aryl methyl sites for hydroxylation is 2. The molecule has 1 aromatic carbocycles. The van der Waals surface area contributed by atoms with E-state index in [1.165, 1.54) is 15.9 Å². The van der Waals surface area contributed by atoms with Crippen molar-refractivity contribution in [2.45, 2.75) is 40.2 Å². The Morgan fingerprint density at radius 3 is 2.50 bits per heavy atom. The summed E-state index contributed by atoms with van der Waals surface area (Å²) in [6, 6.07) is 8.02. The number of esters is 1. The smallest absolute Gasteiger partial charge is 0.331 e. The van der Waals surface area contributed by atoms with Crippen LogP contribution in [-0.4, -0.2) is 22.1 Å². The zero-order valence-corrected chi connectivity index (χ0v) is 16.4. The van der Waals surface area contributed by atoms with Gasteiger partial charge in [-0.15, -0.1) is 11.3 Å². The molecule has 2 heterocycles. The summed E-state index contributed by atoms with van der Waals surface area (Å²) in [5.74, 6) is 0.0522. The first-order valence-corrected chi connectivity index (χ1v) is 9.41. The van der Waals surface area contributed by atoms with Gasteiger partial charge in [0, 0.05) is 10.9 Å². The molecule has 0 radical (unpaired) electrons. The zero-order valence-electron chi connectivity index (χ0n) is 15.6. The minimum absolute atomic E-state index is 0.220. The van der Waals surface area contributed by atoms with Crippen molar-refractivity contribution in [3.05, 3.63) is 51.4 Å². The van der Waals surface area contributed by atoms with Crippen LogP contribution in [0.4, 0.5) is 0 Å². The second-order valence-electron chi connectivity index (χ2n) is 6.77. The van der Waals surface area contributed by atoms with Crippen LogP contribution < -0.4 is 5.56 Å². The van der Waals surface area contributed by atoms with E-state index in [9.17, 15) is 9.59 Å². The Labute approximate surface area is 156 Å². The molecule has 0 aliphatic heterocycles. The minimum Gasteiger partial charge on any atom is -0.464 e. The highest BCUT2D eigenvalue weighted by Gasteiger charge is 2.35. The predicted octanol–water partition coefficient (Wildman–Crippen LogP) is 4.04. The molecule has 0 N–H and O–H groups in total. The first-order chi connectivity index (χ1) is 12.3. The highest BCUT2D eigenvalue weighted by Crippen LogP contribution is 2.32. The fraction of sp³-hybridized carbons (Fsp3) is 0.350. The van der Waals surface area contributed by atoms with Crippen molar-refractivity contribution < 1.29 is 9.53 Å². The maximum absolute atomic E-state index is 13.3. The Morgan fingerprint density at radius 2 is 1.88 bits per heavy atom. The van der Waals surface area contributed by atoms with Crippen LogP contribution in [-0.2, 0) is 15.1 Å². The van der Waals surface area contributed by atoms with Crippen molar-refractivity contribution >= 4 is 27.5 Å². The van der Waals surface area contributed by atoms with Gasteiger partial charge in [-0.05, 0) is 40.2 Å². The molecule has 5 nitrogen and oxygen atoms in total. The molecule has 3 rings (SSSR count). The molecular formula is C20H22N2O3S. The summed E-state index contributed by atoms with van der Waals surface area (Å²) >= 11 is 1.44. The molecule has 6 heteroatoms. The first-order valence-electron chi connectivity index (χ1n) is 8.53. The van der Waals surface area contributed by atoms with Gasteiger partial charge < -0.3 is 4.74 Å². The SMILES string of the molecule is CCOC(=O)C(C)(C)n1c(C)nc2scc(-c3ccc(C)cc3)c2c1=O. The van der Waals surface area contributed by atoms with E-state index in [1.54, 1.807) is 27.7 Å². The van der Waals surface area contributed by atoms with E-state index in [1.807, 2.05) is 36.6 Å². The Morgan fingerprint density at radius 1 is 1.23 bits per heavy atom. The summed E-state index contributed by atoms with van der Waals surface area (Å²) in [5.41, 5.74) is 1.61. The van der Waals surface area contributed by atoms with Gasteiger partial charge in [-0.3, -0.25) is 9.36 Å². The van der Waals surface area contributed by atoms with Crippen LogP contribution in [0.3, 0.4) is 0 Å². The lowest BCUT2D eigenvalue weighted by molar-refractivity contribution is -0.152. The average Bonchev–Trinajstić information content (AvgIpc) is 2.99. The number of hydrogen-bond acceptors (Lipinski definition) is 5. The molecule has 0 aliphatic carbocycles. The van der Waals surface area contributed by atoms with E-state index in [4.69, 9.17) is 4.74 Å². The average molecular weight is 370 g/mol. The van der Waals surface area contributed by atoms with Crippen LogP contribution in [0.15, 0.2) is 34.4 Å². The van der Waals surface area contributed by atoms with Crippen LogP contribution in [0.1, 0.15) is 32.2 Å². The fourth-order valence-electron chi connectivity index (χ4n) is 3.10. The predicted molar refractivity (Wildman–Crippen MR) is 105 cm³/mol. The lowest BCUT2D eigenvalue weighted by Crippen LogP contribution is -2.45. The third-order valence-corrected chi connectivity index (χ3v) is 5.34. The van der Waals surface area contributed by atoms with Crippen LogP contribution in [0.25, 0.3) is 21.3 Å². The highest BCUT2D eigenvalue weighted by molar-refractivity contribution is 7.17. The number of thiophene rings is 1. The summed E-state index contributed by atoms with van der Waals surface area (Å²) in [6.07, 6.45) is 0. The van der Waals surface area contributed by atoms with Gasteiger partial charge in [-0.25, -0.2) is 9.78 Å². The second kappa shape index (κ2) is 6.68. The van der Waals surface area contributed by atoms with Crippen molar-refractivity contribution in [3.63, 3.8) is 0 Å². The Bertz CT molecular complexity index is 1030. The number of aromatic nitrogens is 2. The lowest BCUT2D eigenvalue weighted by atomic mass is 10.0. The summed E-state index contributed by atoms with van der Waals surface area (Å²) in [6.45, 7) is 9.15. The fourth-order valence-corrected chi connectivity index (χ4v) is 4.08. The molecule has 0 saturated heterocycles. The number of benzene rings is 1. The van der Waals surface area contributed by atoms with Gasteiger partial charge in [0.05, 0.1) is 12.0 Å². The topological polar surface area (TPSA) is 61.2 Å². The number of nitrogens with zero attached hydrogens (tertiary/aromatic N) is 2. The molecule has 0 unspecified atom stereocenters. The van der Waals surface area contributed by atoms with Gasteiger partial charge in [0.15, 0.2) is 0 Å². The molecule has 0 saturated carbocycles. The molecule has 0 atom stereocenters. The Balaban J connectivity index is 2.27. The Hall–Kier alpha value is -2.47. The van der Waals surface area contributed by atoms with E-state index >= 15 is 0 Å². The number of fused-ring (bicyclic) bond motifs is 1. The summed E-state index contributed by atoms with van der Waals surface area (Å²) < 4.78 is 6.61. The van der Waals surface area contributed by atoms with Crippen LogP contribution in [0.5, 0.6) is 0 Å². The number of carbonyl (C=O) groups is 1. The minimum atomic E-state index is -1.13. The van der Waals surface area contributed by atoms with E-state index in [0.29, 0.717) is 16.0 Å². The number of carbonyl (C=O) groups excluding carboxylic acids is 1. The van der Waals surface area contributed by atoms with E-state index in [0.717, 1.165) is 16.7 Å². The van der Waals surface area contributed by atoms with Crippen LogP contribution in [0, 0.1) is 13.8 Å². The molecule has 0 spiro atoms. The van der Waals surface area contributed by atoms with Crippen molar-refractivity contribution in [3.8, 4) is 11.1 Å². The van der Waals surface area contributed by atoms with Crippen molar-refractivity contribution in [2.75, 3.05) is 6.61 Å². The summed E-state index contributed by atoms with van der Waals surface area (Å²) in [4.78, 5) is 31.0. The van der Waals surface area contributed by atoms with Crippen molar-refractivity contribution in [1.82, 2.24) is 9.55 Å². The van der Waals surface area contributed by atoms with Crippen LogP contribution >= 0.6 is 11.3 Å². The maximum atomic E-state index is 13.3. The normalized spacial score (nSPS) is 11.7. The van der Waals surface area contributed by atoms with Gasteiger partial charge >= 0.3 is 5.97 Å². The van der Waals surface area contributed by atoms with Crippen molar-refractivity contribution in [2.24, 2.45) is 0 Å². The number of rotatable bonds is 4. The molecule has 2 aromatic heterocycles. The largest absolute Gasteiger partial charge is 0.464 e. The van der Waals surface area contributed by atoms with E-state index in [-0.39, 0.29) is 12.2 Å². The second-order valence-corrected chi connectivity index (χ2v) is 7.63. The highest BCUT2D eigenvalue weighted by atomic mass is 32.1. The molecule has 136 valence electrons. The molecule has 26 heavy (non-hydrogen) atoms. The van der Waals surface area contributed by atoms with Gasteiger partial charge in [0.1, 0.15) is 16.2 Å². The van der Waals surface area contributed by atoms with E-state index in [2.05, 4.69) is 4.98 Å². The lowest BCUT2D eigenvalue weighted by Gasteiger charge is -2.26. The zero-order chi connectivity index (χ0) is 19.1. The molecular weight excluding hydrogens is 348 g/mol. The first kappa shape index (κ1) is 18.3. The standard InChI is InChI=1S/C20H22N2O3S/c1-6-25-19(24)20(4,5)22-13(3)21-17-16(18(22)23)15(11-26-17)14-9-7-12(2)8-10-14/h7-11H,6H2,1-5H3. The maximum Gasteiger partial charge on any atom is 0.331 e. The van der Waals surface area contributed by atoms with Gasteiger partial charge in [-0.2, -0.15) is 0 Å². The molecule has 0 bridgehead atoms. The van der Waals surface area contributed by atoms with E-state index < -0.39 is 11.5 Å². The van der Waals surface area contributed by atoms with Gasteiger partial charge in [0.2, 0.25) is 0 Å². The van der Waals surface area contributed by atoms with Crippen molar-refractivity contribution in [1.29, 1.82) is 0 Å².